The van der Waals surface area contributed by atoms with E-state index in [2.05, 4.69) is 20.1 Å². The minimum atomic E-state index is -0.309. The molecule has 1 amide bonds. The second kappa shape index (κ2) is 8.33. The molecule has 2 aliphatic heterocycles. The third-order valence-electron chi connectivity index (χ3n) is 6.98. The van der Waals surface area contributed by atoms with E-state index in [-0.39, 0.29) is 17.8 Å². The molecule has 2 fully saturated rings. The highest BCUT2D eigenvalue weighted by molar-refractivity contribution is 5.98. The van der Waals surface area contributed by atoms with Gasteiger partial charge >= 0.3 is 0 Å². The van der Waals surface area contributed by atoms with Gasteiger partial charge in [0.1, 0.15) is 17.3 Å². The first-order valence-electron chi connectivity index (χ1n) is 11.7. The van der Waals surface area contributed by atoms with E-state index in [0.717, 1.165) is 25.1 Å². The van der Waals surface area contributed by atoms with Crippen molar-refractivity contribution in [3.63, 3.8) is 0 Å². The Labute approximate surface area is 202 Å². The average Bonchev–Trinajstić information content (AvgIpc) is 3.50. The van der Waals surface area contributed by atoms with Crippen LogP contribution >= 0.6 is 0 Å². The first-order valence-corrected chi connectivity index (χ1v) is 11.7. The average molecular weight is 473 g/mol. The number of rotatable bonds is 4. The largest absolute Gasteiger partial charge is 0.428 e. The number of piperidine rings is 1. The van der Waals surface area contributed by atoms with E-state index in [9.17, 15) is 9.18 Å². The van der Waals surface area contributed by atoms with Crippen LogP contribution in [0.1, 0.15) is 28.1 Å². The number of aromatic nitrogens is 4. The molecule has 4 heterocycles. The molecule has 2 saturated heterocycles. The molecule has 8 nitrogen and oxygen atoms in total. The third-order valence-corrected chi connectivity index (χ3v) is 6.98. The number of halogens is 1. The first-order chi connectivity index (χ1) is 17.0. The van der Waals surface area contributed by atoms with Crippen LogP contribution < -0.4 is 4.90 Å². The monoisotopic (exact) mass is 472 g/mol. The van der Waals surface area contributed by atoms with Crippen molar-refractivity contribution < 1.29 is 13.6 Å². The number of carbonyl (C=O) groups is 1. The maximum Gasteiger partial charge on any atom is 0.298 e. The number of anilines is 1. The Hall–Kier alpha value is -4.01. The Bertz CT molecular complexity index is 1400. The van der Waals surface area contributed by atoms with Crippen LogP contribution in [0, 0.1) is 25.6 Å². The molecular formula is C26H25FN6O2. The van der Waals surface area contributed by atoms with Gasteiger partial charge in [0, 0.05) is 31.1 Å². The standard InChI is InChI=1S/C26H25FN6O2/c1-16-6-7-22(33-28-9-10-29-33)21(12-16)25(34)32-14-19-8-11-31(15-23(19)32)26-30-24(17(2)35-26)18-4-3-5-20(27)13-18/h3-7,9-10,12-13,19,23H,8,11,14-15H2,1-2H3/t19-,23-/m1/s1. The van der Waals surface area contributed by atoms with Gasteiger partial charge in [0.05, 0.1) is 29.7 Å². The highest BCUT2D eigenvalue weighted by atomic mass is 19.1. The lowest BCUT2D eigenvalue weighted by Crippen LogP contribution is -2.65. The van der Waals surface area contributed by atoms with Gasteiger partial charge in [-0.3, -0.25) is 4.79 Å². The number of likely N-dealkylation sites (tertiary alicyclic amines) is 1. The van der Waals surface area contributed by atoms with Gasteiger partial charge in [-0.2, -0.15) is 20.0 Å². The SMILES string of the molecule is Cc1ccc(-n2nccn2)c(C(=O)N2C[C@H]3CCN(c4nc(-c5cccc(F)c5)c(C)o4)C[C@H]32)c1. The van der Waals surface area contributed by atoms with Crippen LogP contribution in [0.15, 0.2) is 59.3 Å². The fourth-order valence-corrected chi connectivity index (χ4v) is 5.12. The molecule has 4 aromatic rings. The number of amides is 1. The number of benzene rings is 2. The molecule has 9 heteroatoms. The Balaban J connectivity index is 1.24. The molecule has 35 heavy (non-hydrogen) atoms. The maximum absolute atomic E-state index is 13.7. The zero-order valence-corrected chi connectivity index (χ0v) is 19.6. The number of oxazole rings is 1. The quantitative estimate of drug-likeness (QED) is 0.446. The molecule has 0 unspecified atom stereocenters. The number of nitrogens with zero attached hydrogens (tertiary/aromatic N) is 6. The number of carbonyl (C=O) groups excluding carboxylic acids is 1. The minimum absolute atomic E-state index is 0.0202. The Morgan fingerprint density at radius 2 is 1.91 bits per heavy atom. The second-order valence-corrected chi connectivity index (χ2v) is 9.27. The summed E-state index contributed by atoms with van der Waals surface area (Å²) >= 11 is 0. The van der Waals surface area contributed by atoms with E-state index in [0.29, 0.717) is 46.7 Å². The van der Waals surface area contributed by atoms with Crippen LogP contribution in [0.3, 0.4) is 0 Å². The summed E-state index contributed by atoms with van der Waals surface area (Å²) in [6, 6.07) is 12.7. The molecule has 2 aromatic heterocycles. The van der Waals surface area contributed by atoms with Crippen molar-refractivity contribution in [2.75, 3.05) is 24.5 Å². The van der Waals surface area contributed by atoms with E-state index in [4.69, 9.17) is 4.42 Å². The van der Waals surface area contributed by atoms with E-state index in [1.807, 2.05) is 43.0 Å². The number of aryl methyl sites for hydroxylation is 2. The van der Waals surface area contributed by atoms with Gasteiger partial charge in [0.2, 0.25) is 0 Å². The predicted octanol–water partition coefficient (Wildman–Crippen LogP) is 4.03. The van der Waals surface area contributed by atoms with Gasteiger partial charge in [0.25, 0.3) is 11.9 Å². The molecular weight excluding hydrogens is 447 g/mol. The van der Waals surface area contributed by atoms with Crippen molar-refractivity contribution in [1.29, 1.82) is 0 Å². The molecule has 6 rings (SSSR count). The summed E-state index contributed by atoms with van der Waals surface area (Å²) in [6.45, 7) is 5.99. The van der Waals surface area contributed by atoms with Crippen molar-refractivity contribution in [3.8, 4) is 16.9 Å². The predicted molar refractivity (Wildman–Crippen MR) is 128 cm³/mol. The molecule has 0 N–H and O–H groups in total. The Morgan fingerprint density at radius 1 is 1.09 bits per heavy atom. The molecule has 2 atom stereocenters. The topological polar surface area (TPSA) is 80.3 Å². The highest BCUT2D eigenvalue weighted by Crippen LogP contribution is 2.37. The lowest BCUT2D eigenvalue weighted by Gasteiger charge is -2.53. The number of hydrogen-bond donors (Lipinski definition) is 0. The molecule has 0 saturated carbocycles. The fourth-order valence-electron chi connectivity index (χ4n) is 5.12. The van der Waals surface area contributed by atoms with Crippen molar-refractivity contribution in [1.82, 2.24) is 24.9 Å². The third kappa shape index (κ3) is 3.77. The zero-order valence-electron chi connectivity index (χ0n) is 19.6. The first kappa shape index (κ1) is 21.5. The lowest BCUT2D eigenvalue weighted by atomic mass is 9.81. The van der Waals surface area contributed by atoms with Crippen LogP contribution in [0.2, 0.25) is 0 Å². The zero-order chi connectivity index (χ0) is 24.1. The summed E-state index contributed by atoms with van der Waals surface area (Å²) in [5, 5.41) is 8.44. The highest BCUT2D eigenvalue weighted by Gasteiger charge is 2.46. The number of hydrogen-bond acceptors (Lipinski definition) is 6. The molecule has 0 spiro atoms. The number of fused-ring (bicyclic) bond motifs is 1. The minimum Gasteiger partial charge on any atom is -0.428 e. The van der Waals surface area contributed by atoms with Gasteiger partial charge in [-0.15, -0.1) is 0 Å². The van der Waals surface area contributed by atoms with Crippen molar-refractivity contribution in [2.45, 2.75) is 26.3 Å². The second-order valence-electron chi connectivity index (χ2n) is 9.27. The smallest absolute Gasteiger partial charge is 0.298 e. The molecule has 2 aromatic carbocycles. The summed E-state index contributed by atoms with van der Waals surface area (Å²) in [4.78, 5) is 23.8. The van der Waals surface area contributed by atoms with E-state index in [1.165, 1.54) is 16.9 Å². The van der Waals surface area contributed by atoms with Crippen LogP contribution in [0.4, 0.5) is 10.4 Å². The van der Waals surface area contributed by atoms with E-state index < -0.39 is 0 Å². The summed E-state index contributed by atoms with van der Waals surface area (Å²) in [5.41, 5.74) is 3.60. The Kier molecular flexibility index (Phi) is 5.12. The normalized spacial score (nSPS) is 19.4. The summed E-state index contributed by atoms with van der Waals surface area (Å²) in [6.07, 6.45) is 4.15. The fraction of sp³-hybridized carbons (Fsp3) is 0.308. The molecule has 0 aliphatic carbocycles. The molecule has 178 valence electrons. The van der Waals surface area contributed by atoms with Crippen molar-refractivity contribution in [3.05, 3.63) is 77.6 Å². The van der Waals surface area contributed by atoms with Gasteiger partial charge in [0.15, 0.2) is 0 Å². The van der Waals surface area contributed by atoms with Gasteiger partial charge in [-0.05, 0) is 44.5 Å². The van der Waals surface area contributed by atoms with Crippen LogP contribution in [-0.4, -0.2) is 56.5 Å². The van der Waals surface area contributed by atoms with E-state index in [1.54, 1.807) is 18.5 Å². The van der Waals surface area contributed by atoms with E-state index >= 15 is 0 Å². The Morgan fingerprint density at radius 3 is 2.71 bits per heavy atom. The summed E-state index contributed by atoms with van der Waals surface area (Å²) in [7, 11) is 0. The molecule has 0 radical (unpaired) electrons. The summed E-state index contributed by atoms with van der Waals surface area (Å²) < 4.78 is 19.7. The lowest BCUT2D eigenvalue weighted by molar-refractivity contribution is 0.00719. The maximum atomic E-state index is 13.7. The van der Waals surface area contributed by atoms with Gasteiger partial charge < -0.3 is 14.2 Å². The van der Waals surface area contributed by atoms with Crippen LogP contribution in [0.25, 0.3) is 16.9 Å². The molecule has 0 bridgehead atoms. The summed E-state index contributed by atoms with van der Waals surface area (Å²) in [5.74, 6) is 0.764. The molecule has 2 aliphatic rings. The van der Waals surface area contributed by atoms with Crippen LogP contribution in [-0.2, 0) is 0 Å². The van der Waals surface area contributed by atoms with Crippen molar-refractivity contribution in [2.24, 2.45) is 5.92 Å². The van der Waals surface area contributed by atoms with Gasteiger partial charge in [-0.1, -0.05) is 23.8 Å². The van der Waals surface area contributed by atoms with Crippen LogP contribution in [0.5, 0.6) is 0 Å². The van der Waals surface area contributed by atoms with Crippen molar-refractivity contribution >= 4 is 11.9 Å². The van der Waals surface area contributed by atoms with Gasteiger partial charge in [-0.25, -0.2) is 4.39 Å².